The molecule has 0 spiro atoms. The number of fused-ring (bicyclic) bond motifs is 1. The van der Waals surface area contributed by atoms with Crippen LogP contribution in [0.5, 0.6) is 0 Å². The zero-order valence-corrected chi connectivity index (χ0v) is 13.7. The van der Waals surface area contributed by atoms with Crippen LogP contribution in [0.15, 0.2) is 73.2 Å². The van der Waals surface area contributed by atoms with Crippen LogP contribution in [-0.2, 0) is 0 Å². The van der Waals surface area contributed by atoms with Gasteiger partial charge in [0.15, 0.2) is 0 Å². The summed E-state index contributed by atoms with van der Waals surface area (Å²) in [7, 11) is 0. The van der Waals surface area contributed by atoms with Crippen molar-refractivity contribution in [3.05, 3.63) is 79.0 Å². The molecule has 4 aromatic rings. The Hall–Kier alpha value is -3.67. The number of hydrogen-bond acceptors (Lipinski definition) is 2. The molecule has 5 nitrogen and oxygen atoms in total. The predicted molar refractivity (Wildman–Crippen MR) is 101 cm³/mol. The monoisotopic (exact) mass is 346 g/mol. The number of amides is 2. The number of anilines is 2. The Balaban J connectivity index is 1.48. The first-order chi connectivity index (χ1) is 12.7. The summed E-state index contributed by atoms with van der Waals surface area (Å²) in [6, 6.07) is 14.8. The molecule has 0 bridgehead atoms. The van der Waals surface area contributed by atoms with Gasteiger partial charge in [-0.25, -0.2) is 9.18 Å². The number of H-pyrrole nitrogens is 1. The highest BCUT2D eigenvalue weighted by Gasteiger charge is 2.07. The van der Waals surface area contributed by atoms with E-state index in [-0.39, 0.29) is 0 Å². The number of nitrogens with one attached hydrogen (secondary N) is 3. The summed E-state index contributed by atoms with van der Waals surface area (Å²) in [6.45, 7) is 0. The van der Waals surface area contributed by atoms with Crippen molar-refractivity contribution in [2.24, 2.45) is 0 Å². The maximum absolute atomic E-state index is 13.2. The summed E-state index contributed by atoms with van der Waals surface area (Å²) >= 11 is 0. The van der Waals surface area contributed by atoms with Crippen LogP contribution < -0.4 is 10.6 Å². The molecule has 0 aliphatic heterocycles. The Morgan fingerprint density at radius 2 is 1.81 bits per heavy atom. The van der Waals surface area contributed by atoms with E-state index < -0.39 is 11.8 Å². The lowest BCUT2D eigenvalue weighted by Gasteiger charge is -2.08. The van der Waals surface area contributed by atoms with E-state index in [2.05, 4.69) is 20.6 Å². The largest absolute Gasteiger partial charge is 0.359 e. The van der Waals surface area contributed by atoms with E-state index in [4.69, 9.17) is 0 Å². The summed E-state index contributed by atoms with van der Waals surface area (Å²) in [5, 5.41) is 6.41. The average Bonchev–Trinajstić information content (AvgIpc) is 3.06. The Morgan fingerprint density at radius 1 is 1.00 bits per heavy atom. The molecule has 2 heterocycles. The zero-order chi connectivity index (χ0) is 17.9. The van der Waals surface area contributed by atoms with Gasteiger partial charge in [0, 0.05) is 34.7 Å². The summed E-state index contributed by atoms with van der Waals surface area (Å²) in [5.41, 5.74) is 4.10. The maximum Gasteiger partial charge on any atom is 0.323 e. The van der Waals surface area contributed by atoms with Crippen LogP contribution in [0, 0.1) is 5.82 Å². The van der Waals surface area contributed by atoms with Gasteiger partial charge in [-0.1, -0.05) is 18.2 Å². The normalized spacial score (nSPS) is 10.7. The Kier molecular flexibility index (Phi) is 4.07. The number of nitrogens with zero attached hydrogens (tertiary/aromatic N) is 1. The lowest BCUT2D eigenvalue weighted by atomic mass is 10.1. The first kappa shape index (κ1) is 15.8. The highest BCUT2D eigenvalue weighted by Crippen LogP contribution is 2.28. The molecule has 4 rings (SSSR count). The van der Waals surface area contributed by atoms with Gasteiger partial charge in [-0.15, -0.1) is 0 Å². The van der Waals surface area contributed by atoms with E-state index in [0.29, 0.717) is 11.4 Å². The second-order valence-electron chi connectivity index (χ2n) is 5.79. The van der Waals surface area contributed by atoms with Gasteiger partial charge >= 0.3 is 6.03 Å². The van der Waals surface area contributed by atoms with E-state index in [0.717, 1.165) is 22.0 Å². The molecule has 0 atom stereocenters. The molecule has 0 fully saturated rings. The smallest absolute Gasteiger partial charge is 0.323 e. The molecule has 0 unspecified atom stereocenters. The van der Waals surface area contributed by atoms with Crippen LogP contribution in [0.3, 0.4) is 0 Å². The van der Waals surface area contributed by atoms with Crippen molar-refractivity contribution in [1.82, 2.24) is 9.97 Å². The van der Waals surface area contributed by atoms with E-state index in [9.17, 15) is 9.18 Å². The second-order valence-corrected chi connectivity index (χ2v) is 5.79. The van der Waals surface area contributed by atoms with Gasteiger partial charge in [0.2, 0.25) is 0 Å². The fourth-order valence-corrected chi connectivity index (χ4v) is 2.80. The van der Waals surface area contributed by atoms with Crippen molar-refractivity contribution in [2.45, 2.75) is 0 Å². The van der Waals surface area contributed by atoms with Crippen LogP contribution in [0.2, 0.25) is 0 Å². The third-order valence-electron chi connectivity index (χ3n) is 4.02. The lowest BCUT2D eigenvalue weighted by Crippen LogP contribution is -2.19. The van der Waals surface area contributed by atoms with Gasteiger partial charge in [0.05, 0.1) is 11.7 Å². The summed E-state index contributed by atoms with van der Waals surface area (Å²) in [4.78, 5) is 19.3. The van der Waals surface area contributed by atoms with Crippen molar-refractivity contribution in [3.63, 3.8) is 0 Å². The number of aromatic nitrogens is 2. The second kappa shape index (κ2) is 6.68. The number of carbonyl (C=O) groups excluding carboxylic acids is 1. The van der Waals surface area contributed by atoms with Gasteiger partial charge < -0.3 is 15.6 Å². The number of halogens is 1. The van der Waals surface area contributed by atoms with Crippen molar-refractivity contribution >= 4 is 28.3 Å². The summed E-state index contributed by atoms with van der Waals surface area (Å²) < 4.78 is 13.2. The highest BCUT2D eigenvalue weighted by molar-refractivity contribution is 6.00. The molecule has 0 aliphatic carbocycles. The molecule has 0 saturated carbocycles. The molecule has 26 heavy (non-hydrogen) atoms. The predicted octanol–water partition coefficient (Wildman–Crippen LogP) is 5.01. The fraction of sp³-hybridized carbons (Fsp3) is 0. The van der Waals surface area contributed by atoms with Crippen LogP contribution in [0.4, 0.5) is 20.6 Å². The maximum atomic E-state index is 13.2. The van der Waals surface area contributed by atoms with E-state index in [1.54, 1.807) is 18.5 Å². The van der Waals surface area contributed by atoms with Crippen molar-refractivity contribution < 1.29 is 9.18 Å². The standard InChI is InChI=1S/C20H15FN4O/c21-14-2-1-3-16(10-14)25-20(26)24-15-6-4-13(5-7-15)18-11-23-19-12-22-9-8-17(18)19/h1-12,23H,(H2,24,25,26). The number of hydrogen-bond donors (Lipinski definition) is 3. The van der Waals surface area contributed by atoms with Gasteiger partial charge in [-0.2, -0.15) is 0 Å². The number of carbonyl (C=O) groups is 1. The van der Waals surface area contributed by atoms with Gasteiger partial charge in [0.1, 0.15) is 5.82 Å². The minimum absolute atomic E-state index is 0.395. The molecule has 2 aromatic heterocycles. The molecular weight excluding hydrogens is 331 g/mol. The van der Waals surface area contributed by atoms with Gasteiger partial charge in [0.25, 0.3) is 0 Å². The minimum Gasteiger partial charge on any atom is -0.359 e. The molecule has 0 saturated heterocycles. The lowest BCUT2D eigenvalue weighted by molar-refractivity contribution is 0.262. The Bertz CT molecular complexity index is 1070. The SMILES string of the molecule is O=C(Nc1ccc(-c2c[nH]c3cnccc23)cc1)Nc1cccc(F)c1. The molecule has 6 heteroatoms. The summed E-state index contributed by atoms with van der Waals surface area (Å²) in [5.74, 6) is -0.402. The van der Waals surface area contributed by atoms with Gasteiger partial charge in [-0.3, -0.25) is 4.98 Å². The molecule has 128 valence electrons. The number of urea groups is 1. The Morgan fingerprint density at radius 3 is 2.62 bits per heavy atom. The van der Waals surface area contributed by atoms with Crippen molar-refractivity contribution in [3.8, 4) is 11.1 Å². The average molecular weight is 346 g/mol. The first-order valence-corrected chi connectivity index (χ1v) is 8.04. The Labute approximate surface area is 148 Å². The third kappa shape index (κ3) is 3.25. The van der Waals surface area contributed by atoms with E-state index in [1.807, 2.05) is 36.5 Å². The van der Waals surface area contributed by atoms with Crippen LogP contribution in [-0.4, -0.2) is 16.0 Å². The number of rotatable bonds is 3. The van der Waals surface area contributed by atoms with Crippen LogP contribution in [0.1, 0.15) is 0 Å². The first-order valence-electron chi connectivity index (χ1n) is 8.04. The van der Waals surface area contributed by atoms with Crippen LogP contribution in [0.25, 0.3) is 22.0 Å². The zero-order valence-electron chi connectivity index (χ0n) is 13.7. The topological polar surface area (TPSA) is 69.8 Å². The minimum atomic E-state index is -0.429. The summed E-state index contributed by atoms with van der Waals surface area (Å²) in [6.07, 6.45) is 5.48. The van der Waals surface area contributed by atoms with Gasteiger partial charge in [-0.05, 0) is 42.0 Å². The number of benzene rings is 2. The van der Waals surface area contributed by atoms with Crippen LogP contribution >= 0.6 is 0 Å². The fourth-order valence-electron chi connectivity index (χ4n) is 2.80. The molecule has 3 N–H and O–H groups in total. The molecular formula is C20H15FN4O. The molecule has 2 aromatic carbocycles. The molecule has 2 amide bonds. The quantitative estimate of drug-likeness (QED) is 0.488. The highest BCUT2D eigenvalue weighted by atomic mass is 19.1. The molecule has 0 aliphatic rings. The van der Waals surface area contributed by atoms with Crippen molar-refractivity contribution in [1.29, 1.82) is 0 Å². The molecule has 0 radical (unpaired) electrons. The number of pyridine rings is 1. The number of aromatic amines is 1. The van der Waals surface area contributed by atoms with E-state index in [1.165, 1.54) is 18.2 Å². The third-order valence-corrected chi connectivity index (χ3v) is 4.02. The van der Waals surface area contributed by atoms with Crippen molar-refractivity contribution in [2.75, 3.05) is 10.6 Å². The van der Waals surface area contributed by atoms with E-state index >= 15 is 0 Å².